The van der Waals surface area contributed by atoms with Crippen molar-refractivity contribution in [2.45, 2.75) is 27.3 Å². The third-order valence-corrected chi connectivity index (χ3v) is 6.20. The molecular weight excluding hydrogens is 438 g/mol. The third-order valence-electron chi connectivity index (χ3n) is 6.20. The van der Waals surface area contributed by atoms with Crippen molar-refractivity contribution in [1.29, 1.82) is 0 Å². The van der Waals surface area contributed by atoms with Crippen molar-refractivity contribution in [1.82, 2.24) is 5.32 Å². The lowest BCUT2D eigenvalue weighted by atomic mass is 9.94. The molecule has 0 atom stereocenters. The highest BCUT2D eigenvalue weighted by atomic mass is 16.5. The first-order valence-corrected chi connectivity index (χ1v) is 11.7. The summed E-state index contributed by atoms with van der Waals surface area (Å²) in [5.74, 6) is 1.24. The van der Waals surface area contributed by atoms with E-state index < -0.39 is 0 Å². The van der Waals surface area contributed by atoms with Crippen molar-refractivity contribution in [3.05, 3.63) is 96.2 Å². The number of fused-ring (bicyclic) bond motifs is 2. The molecule has 2 aromatic heterocycles. The van der Waals surface area contributed by atoms with Crippen LogP contribution in [0.25, 0.3) is 38.4 Å². The van der Waals surface area contributed by atoms with Gasteiger partial charge in [-0.25, -0.2) is 0 Å². The molecule has 2 heterocycles. The molecule has 5 nitrogen and oxygen atoms in total. The average Bonchev–Trinajstić information content (AvgIpc) is 3.54. The summed E-state index contributed by atoms with van der Waals surface area (Å²) in [7, 11) is 0. The van der Waals surface area contributed by atoms with Gasteiger partial charge in [0.1, 0.15) is 17.1 Å². The standard InChI is InChI=1S/C30H27NO4/c1-4-33-29-20(3)30-26(16-25(29)19(2)15-28(32)31-17-22-11-8-14-34-22)27(18-35-30)24-13-7-10-21-9-5-6-12-23(21)24/h5-16,18H,4,17H2,1-3H3,(H,31,32)/b19-15+. The predicted molar refractivity (Wildman–Crippen MR) is 139 cm³/mol. The van der Waals surface area contributed by atoms with E-state index in [9.17, 15) is 4.79 Å². The lowest BCUT2D eigenvalue weighted by Crippen LogP contribution is -2.20. The minimum atomic E-state index is -0.194. The number of nitrogens with one attached hydrogen (secondary N) is 1. The number of benzene rings is 3. The maximum Gasteiger partial charge on any atom is 0.244 e. The molecule has 1 N–H and O–H groups in total. The Bertz CT molecular complexity index is 1530. The number of amides is 1. The second-order valence-electron chi connectivity index (χ2n) is 8.49. The van der Waals surface area contributed by atoms with Gasteiger partial charge in [-0.05, 0) is 60.9 Å². The Morgan fingerprint density at radius 1 is 1.00 bits per heavy atom. The number of allylic oxidation sites excluding steroid dienone is 1. The van der Waals surface area contributed by atoms with Crippen LogP contribution in [0.5, 0.6) is 5.75 Å². The van der Waals surface area contributed by atoms with Crippen LogP contribution in [0.15, 0.2) is 88.1 Å². The van der Waals surface area contributed by atoms with Gasteiger partial charge in [0.05, 0.1) is 25.7 Å². The molecule has 5 rings (SSSR count). The van der Waals surface area contributed by atoms with Crippen molar-refractivity contribution in [2.24, 2.45) is 0 Å². The van der Waals surface area contributed by atoms with Crippen molar-refractivity contribution < 1.29 is 18.4 Å². The Kier molecular flexibility index (Phi) is 6.15. The number of carbonyl (C=O) groups is 1. The number of carbonyl (C=O) groups excluding carboxylic acids is 1. The van der Waals surface area contributed by atoms with Gasteiger partial charge < -0.3 is 18.9 Å². The second kappa shape index (κ2) is 9.55. The first-order chi connectivity index (χ1) is 17.1. The van der Waals surface area contributed by atoms with Gasteiger partial charge in [-0.15, -0.1) is 0 Å². The Balaban J connectivity index is 1.60. The summed E-state index contributed by atoms with van der Waals surface area (Å²) < 4.78 is 17.4. The van der Waals surface area contributed by atoms with E-state index in [2.05, 4.69) is 41.7 Å². The molecule has 0 aliphatic carbocycles. The van der Waals surface area contributed by atoms with Crippen molar-refractivity contribution in [3.8, 4) is 16.9 Å². The van der Waals surface area contributed by atoms with Gasteiger partial charge in [-0.3, -0.25) is 4.79 Å². The average molecular weight is 466 g/mol. The lowest BCUT2D eigenvalue weighted by molar-refractivity contribution is -0.116. The molecular formula is C30H27NO4. The number of furan rings is 2. The maximum absolute atomic E-state index is 12.6. The number of rotatable bonds is 7. The Labute approximate surface area is 204 Å². The van der Waals surface area contributed by atoms with Crippen LogP contribution in [-0.2, 0) is 11.3 Å². The zero-order valence-electron chi connectivity index (χ0n) is 20.1. The van der Waals surface area contributed by atoms with E-state index in [0.717, 1.165) is 49.9 Å². The van der Waals surface area contributed by atoms with Crippen LogP contribution in [0.1, 0.15) is 30.7 Å². The molecule has 0 saturated carbocycles. The molecule has 0 aliphatic heterocycles. The van der Waals surface area contributed by atoms with Crippen LogP contribution in [-0.4, -0.2) is 12.5 Å². The maximum atomic E-state index is 12.6. The van der Waals surface area contributed by atoms with Crippen molar-refractivity contribution in [3.63, 3.8) is 0 Å². The topological polar surface area (TPSA) is 64.6 Å². The van der Waals surface area contributed by atoms with Crippen LogP contribution in [0.3, 0.4) is 0 Å². The molecule has 0 fully saturated rings. The lowest BCUT2D eigenvalue weighted by Gasteiger charge is -2.15. The number of hydrogen-bond acceptors (Lipinski definition) is 4. The smallest absolute Gasteiger partial charge is 0.244 e. The number of ether oxygens (including phenoxy) is 1. The molecule has 5 heteroatoms. The molecule has 3 aromatic carbocycles. The van der Waals surface area contributed by atoms with Crippen LogP contribution in [0.4, 0.5) is 0 Å². The molecule has 0 unspecified atom stereocenters. The van der Waals surface area contributed by atoms with Gasteiger partial charge in [0.15, 0.2) is 0 Å². The zero-order valence-corrected chi connectivity index (χ0v) is 20.1. The summed E-state index contributed by atoms with van der Waals surface area (Å²) in [6, 6.07) is 20.3. The van der Waals surface area contributed by atoms with Crippen LogP contribution < -0.4 is 10.1 Å². The van der Waals surface area contributed by atoms with Gasteiger partial charge in [-0.2, -0.15) is 0 Å². The highest BCUT2D eigenvalue weighted by molar-refractivity contribution is 6.07. The normalized spacial score (nSPS) is 11.8. The monoisotopic (exact) mass is 465 g/mol. The SMILES string of the molecule is CCOc1c(/C(C)=C/C(=O)NCc2ccco2)cc2c(-c3cccc4ccccc34)coc2c1C. The molecule has 0 bridgehead atoms. The number of hydrogen-bond donors (Lipinski definition) is 1. The number of aryl methyl sites for hydroxylation is 1. The van der Waals surface area contributed by atoms with E-state index in [1.165, 1.54) is 5.39 Å². The van der Waals surface area contributed by atoms with Gasteiger partial charge in [0.2, 0.25) is 5.91 Å². The molecule has 35 heavy (non-hydrogen) atoms. The van der Waals surface area contributed by atoms with E-state index in [4.69, 9.17) is 13.6 Å². The fraction of sp³-hybridized carbons (Fsp3) is 0.167. The van der Waals surface area contributed by atoms with Gasteiger partial charge in [0.25, 0.3) is 0 Å². The Hall–Kier alpha value is -4.25. The summed E-state index contributed by atoms with van der Waals surface area (Å²) in [4.78, 5) is 12.6. The molecule has 5 aromatic rings. The molecule has 0 aliphatic rings. The Morgan fingerprint density at radius 2 is 1.83 bits per heavy atom. The van der Waals surface area contributed by atoms with E-state index in [-0.39, 0.29) is 5.91 Å². The summed E-state index contributed by atoms with van der Waals surface area (Å²) >= 11 is 0. The Morgan fingerprint density at radius 3 is 2.63 bits per heavy atom. The minimum Gasteiger partial charge on any atom is -0.493 e. The quantitative estimate of drug-likeness (QED) is 0.257. The van der Waals surface area contributed by atoms with Gasteiger partial charge in [-0.1, -0.05) is 42.5 Å². The molecule has 0 saturated heterocycles. The second-order valence-corrected chi connectivity index (χ2v) is 8.49. The fourth-order valence-electron chi connectivity index (χ4n) is 4.52. The summed E-state index contributed by atoms with van der Waals surface area (Å²) in [5.41, 5.74) is 5.49. The summed E-state index contributed by atoms with van der Waals surface area (Å²) in [6.07, 6.45) is 5.01. The van der Waals surface area contributed by atoms with Crippen molar-refractivity contribution in [2.75, 3.05) is 6.61 Å². The largest absolute Gasteiger partial charge is 0.493 e. The fourth-order valence-corrected chi connectivity index (χ4v) is 4.52. The van der Waals surface area contributed by atoms with Gasteiger partial charge >= 0.3 is 0 Å². The van der Waals surface area contributed by atoms with E-state index >= 15 is 0 Å². The van der Waals surface area contributed by atoms with Crippen LogP contribution in [0, 0.1) is 6.92 Å². The third kappa shape index (κ3) is 4.33. The summed E-state index contributed by atoms with van der Waals surface area (Å²) in [5, 5.41) is 6.20. The highest BCUT2D eigenvalue weighted by Gasteiger charge is 2.20. The van der Waals surface area contributed by atoms with Crippen LogP contribution in [0.2, 0.25) is 0 Å². The van der Waals surface area contributed by atoms with E-state index in [0.29, 0.717) is 18.9 Å². The van der Waals surface area contributed by atoms with Crippen LogP contribution >= 0.6 is 0 Å². The zero-order chi connectivity index (χ0) is 24.4. The van der Waals surface area contributed by atoms with E-state index in [1.807, 2.05) is 45.2 Å². The molecule has 0 radical (unpaired) electrons. The first kappa shape index (κ1) is 22.5. The molecule has 0 spiro atoms. The first-order valence-electron chi connectivity index (χ1n) is 11.7. The van der Waals surface area contributed by atoms with E-state index in [1.54, 1.807) is 18.4 Å². The van der Waals surface area contributed by atoms with Crippen molar-refractivity contribution >= 4 is 33.2 Å². The molecule has 176 valence electrons. The van der Waals surface area contributed by atoms with Gasteiger partial charge in [0, 0.05) is 28.2 Å². The predicted octanol–water partition coefficient (Wildman–Crippen LogP) is 7.27. The summed E-state index contributed by atoms with van der Waals surface area (Å²) in [6.45, 7) is 6.71. The molecule has 1 amide bonds. The highest BCUT2D eigenvalue weighted by Crippen LogP contribution is 2.42. The minimum absolute atomic E-state index is 0.194.